The number of benzene rings is 1. The van der Waals surface area contributed by atoms with Gasteiger partial charge >= 0.3 is 5.97 Å². The first-order valence-electron chi connectivity index (χ1n) is 6.64. The Morgan fingerprint density at radius 1 is 1.30 bits per heavy atom. The third-order valence-electron chi connectivity index (χ3n) is 3.19. The van der Waals surface area contributed by atoms with Crippen LogP contribution in [0, 0.1) is 25.6 Å². The molecular formula is C15H20FNO3. The van der Waals surface area contributed by atoms with Crippen LogP contribution >= 0.6 is 0 Å². The lowest BCUT2D eigenvalue weighted by molar-refractivity contribution is -0.141. The topological polar surface area (TPSA) is 66.4 Å². The van der Waals surface area contributed by atoms with Crippen LogP contribution in [0.25, 0.3) is 0 Å². The van der Waals surface area contributed by atoms with Crippen molar-refractivity contribution in [3.63, 3.8) is 0 Å². The molecule has 0 aliphatic heterocycles. The summed E-state index contributed by atoms with van der Waals surface area (Å²) in [6, 6.07) is 2.93. The lowest BCUT2D eigenvalue weighted by atomic mass is 10.0. The maximum Gasteiger partial charge on any atom is 0.308 e. The minimum Gasteiger partial charge on any atom is -0.481 e. The second-order valence-electron chi connectivity index (χ2n) is 4.96. The maximum atomic E-state index is 13.5. The van der Waals surface area contributed by atoms with Crippen molar-refractivity contribution in [1.29, 1.82) is 0 Å². The van der Waals surface area contributed by atoms with Crippen molar-refractivity contribution in [3.8, 4) is 0 Å². The second-order valence-corrected chi connectivity index (χ2v) is 4.96. The molecule has 0 aliphatic carbocycles. The zero-order chi connectivity index (χ0) is 15.3. The number of amides is 1. The van der Waals surface area contributed by atoms with E-state index in [9.17, 15) is 14.0 Å². The first-order valence-corrected chi connectivity index (χ1v) is 6.64. The molecule has 110 valence electrons. The van der Waals surface area contributed by atoms with Crippen molar-refractivity contribution in [3.05, 3.63) is 34.6 Å². The van der Waals surface area contributed by atoms with Gasteiger partial charge in [0.1, 0.15) is 5.82 Å². The number of carbonyl (C=O) groups excluding carboxylic acids is 1. The zero-order valence-corrected chi connectivity index (χ0v) is 12.0. The molecule has 0 spiro atoms. The first-order chi connectivity index (χ1) is 9.36. The zero-order valence-electron chi connectivity index (χ0n) is 12.0. The van der Waals surface area contributed by atoms with Gasteiger partial charge in [0, 0.05) is 12.1 Å². The summed E-state index contributed by atoms with van der Waals surface area (Å²) in [4.78, 5) is 23.0. The highest BCUT2D eigenvalue weighted by Gasteiger charge is 2.18. The third kappa shape index (κ3) is 4.05. The van der Waals surface area contributed by atoms with Gasteiger partial charge in [-0.3, -0.25) is 9.59 Å². The van der Waals surface area contributed by atoms with Gasteiger partial charge in [-0.15, -0.1) is 0 Å². The van der Waals surface area contributed by atoms with Crippen LogP contribution in [0.15, 0.2) is 12.1 Å². The number of hydrogen-bond donors (Lipinski definition) is 2. The largest absolute Gasteiger partial charge is 0.481 e. The standard InChI is InChI=1S/C15H20FNO3/c1-4-5-11(15(19)20)8-17-14(18)12-6-9(2)13(16)10(3)7-12/h6-7,11H,4-5,8H2,1-3H3,(H,17,18)(H,19,20). The van der Waals surface area contributed by atoms with Gasteiger partial charge < -0.3 is 10.4 Å². The predicted octanol–water partition coefficient (Wildman–Crippen LogP) is 2.67. The van der Waals surface area contributed by atoms with Crippen molar-refractivity contribution in [1.82, 2.24) is 5.32 Å². The van der Waals surface area contributed by atoms with Gasteiger partial charge in [-0.05, 0) is 43.5 Å². The summed E-state index contributed by atoms with van der Waals surface area (Å²) in [5.41, 5.74) is 1.15. The highest BCUT2D eigenvalue weighted by Crippen LogP contribution is 2.15. The van der Waals surface area contributed by atoms with E-state index < -0.39 is 11.9 Å². The SMILES string of the molecule is CCCC(CNC(=O)c1cc(C)c(F)c(C)c1)C(=O)O. The summed E-state index contributed by atoms with van der Waals surface area (Å²) in [5.74, 6) is -2.21. The van der Waals surface area contributed by atoms with Gasteiger partial charge in [-0.25, -0.2) is 4.39 Å². The summed E-state index contributed by atoms with van der Waals surface area (Å²) >= 11 is 0. The third-order valence-corrected chi connectivity index (χ3v) is 3.19. The lowest BCUT2D eigenvalue weighted by Crippen LogP contribution is -2.33. The molecule has 0 heterocycles. The number of carboxylic acid groups (broad SMARTS) is 1. The van der Waals surface area contributed by atoms with Crippen molar-refractivity contribution in [2.24, 2.45) is 5.92 Å². The molecule has 0 bridgehead atoms. The number of carboxylic acids is 1. The lowest BCUT2D eigenvalue weighted by Gasteiger charge is -2.13. The van der Waals surface area contributed by atoms with E-state index in [2.05, 4.69) is 5.32 Å². The summed E-state index contributed by atoms with van der Waals surface area (Å²) in [7, 11) is 0. The van der Waals surface area contributed by atoms with Crippen molar-refractivity contribution in [2.75, 3.05) is 6.54 Å². The highest BCUT2D eigenvalue weighted by molar-refractivity contribution is 5.94. The van der Waals surface area contributed by atoms with Crippen LogP contribution in [-0.2, 0) is 4.79 Å². The van der Waals surface area contributed by atoms with Gasteiger partial charge in [-0.2, -0.15) is 0 Å². The Labute approximate surface area is 118 Å². The normalized spacial score (nSPS) is 12.0. The molecule has 0 saturated carbocycles. The molecule has 20 heavy (non-hydrogen) atoms. The molecule has 2 N–H and O–H groups in total. The Bertz CT molecular complexity index is 491. The molecule has 0 radical (unpaired) electrons. The van der Waals surface area contributed by atoms with Gasteiger partial charge in [0.2, 0.25) is 0 Å². The van der Waals surface area contributed by atoms with Crippen molar-refractivity contribution in [2.45, 2.75) is 33.6 Å². The van der Waals surface area contributed by atoms with Crippen molar-refractivity contribution >= 4 is 11.9 Å². The monoisotopic (exact) mass is 281 g/mol. The Balaban J connectivity index is 2.74. The molecule has 4 nitrogen and oxygen atoms in total. The van der Waals surface area contributed by atoms with Crippen LogP contribution in [-0.4, -0.2) is 23.5 Å². The van der Waals surface area contributed by atoms with E-state index in [-0.39, 0.29) is 18.3 Å². The molecule has 1 rings (SSSR count). The van der Waals surface area contributed by atoms with E-state index in [1.165, 1.54) is 12.1 Å². The average molecular weight is 281 g/mol. The van der Waals surface area contributed by atoms with E-state index in [4.69, 9.17) is 5.11 Å². The van der Waals surface area contributed by atoms with E-state index in [0.717, 1.165) is 6.42 Å². The smallest absolute Gasteiger partial charge is 0.308 e. The van der Waals surface area contributed by atoms with Gasteiger partial charge in [0.25, 0.3) is 5.91 Å². The number of aliphatic carboxylic acids is 1. The van der Waals surface area contributed by atoms with Gasteiger partial charge in [-0.1, -0.05) is 13.3 Å². The van der Waals surface area contributed by atoms with E-state index >= 15 is 0 Å². The van der Waals surface area contributed by atoms with Crippen LogP contribution in [0.1, 0.15) is 41.3 Å². The summed E-state index contributed by atoms with van der Waals surface area (Å²) < 4.78 is 13.5. The Hall–Kier alpha value is -1.91. The second kappa shape index (κ2) is 7.03. The number of aryl methyl sites for hydroxylation is 2. The van der Waals surface area contributed by atoms with E-state index in [1.54, 1.807) is 13.8 Å². The molecule has 0 saturated heterocycles. The van der Waals surface area contributed by atoms with Crippen LogP contribution in [0.3, 0.4) is 0 Å². The molecule has 1 amide bonds. The number of hydrogen-bond acceptors (Lipinski definition) is 2. The first kappa shape index (κ1) is 16.1. The fourth-order valence-corrected chi connectivity index (χ4v) is 2.06. The number of halogens is 1. The molecule has 0 aliphatic rings. The molecule has 1 aromatic rings. The van der Waals surface area contributed by atoms with Gasteiger partial charge in [0.15, 0.2) is 0 Å². The maximum absolute atomic E-state index is 13.5. The van der Waals surface area contributed by atoms with E-state index in [1.807, 2.05) is 6.92 Å². The molecule has 5 heteroatoms. The predicted molar refractivity (Wildman–Crippen MR) is 74.2 cm³/mol. The fourth-order valence-electron chi connectivity index (χ4n) is 2.06. The van der Waals surface area contributed by atoms with Crippen LogP contribution in [0.4, 0.5) is 4.39 Å². The Morgan fingerprint density at radius 2 is 1.85 bits per heavy atom. The van der Waals surface area contributed by atoms with Crippen LogP contribution in [0.5, 0.6) is 0 Å². The molecular weight excluding hydrogens is 261 g/mol. The number of rotatable bonds is 6. The van der Waals surface area contributed by atoms with Gasteiger partial charge in [0.05, 0.1) is 5.92 Å². The Morgan fingerprint density at radius 3 is 2.30 bits per heavy atom. The average Bonchev–Trinajstić information content (AvgIpc) is 2.39. The van der Waals surface area contributed by atoms with Crippen LogP contribution < -0.4 is 5.32 Å². The molecule has 1 atom stereocenters. The fraction of sp³-hybridized carbons (Fsp3) is 0.467. The highest BCUT2D eigenvalue weighted by atomic mass is 19.1. The summed E-state index contributed by atoms with van der Waals surface area (Å²) in [6.45, 7) is 5.16. The molecule has 1 unspecified atom stereocenters. The van der Waals surface area contributed by atoms with Crippen LogP contribution in [0.2, 0.25) is 0 Å². The molecule has 0 fully saturated rings. The minimum atomic E-state index is -0.918. The summed E-state index contributed by atoms with van der Waals surface area (Å²) in [5, 5.41) is 11.6. The number of carbonyl (C=O) groups is 2. The minimum absolute atomic E-state index is 0.0808. The molecule has 1 aromatic carbocycles. The molecule has 0 aromatic heterocycles. The van der Waals surface area contributed by atoms with E-state index in [0.29, 0.717) is 23.1 Å². The Kier molecular flexibility index (Phi) is 5.67. The van der Waals surface area contributed by atoms with Crippen molar-refractivity contribution < 1.29 is 19.1 Å². The quantitative estimate of drug-likeness (QED) is 0.842. The summed E-state index contributed by atoms with van der Waals surface area (Å²) in [6.07, 6.45) is 1.25. The number of nitrogens with one attached hydrogen (secondary N) is 1.